The van der Waals surface area contributed by atoms with Crippen LogP contribution in [0.15, 0.2) is 0 Å². The molecule has 15 heavy (non-hydrogen) atoms. The highest BCUT2D eigenvalue weighted by atomic mass is 16.5. The molecule has 1 saturated heterocycles. The third-order valence-corrected chi connectivity index (χ3v) is 2.93. The van der Waals surface area contributed by atoms with Crippen LogP contribution in [-0.4, -0.2) is 31.7 Å². The zero-order valence-electron chi connectivity index (χ0n) is 9.83. The molecule has 0 N–H and O–H groups in total. The maximum Gasteiger partial charge on any atom is 0.161 e. The Labute approximate surface area is 92.1 Å². The summed E-state index contributed by atoms with van der Waals surface area (Å²) >= 11 is 0. The van der Waals surface area contributed by atoms with Gasteiger partial charge in [0.15, 0.2) is 5.78 Å². The Morgan fingerprint density at radius 1 is 1.60 bits per heavy atom. The molecule has 0 aromatic carbocycles. The summed E-state index contributed by atoms with van der Waals surface area (Å²) < 4.78 is 10.7. The number of carbonyl (C=O) groups is 1. The summed E-state index contributed by atoms with van der Waals surface area (Å²) in [6.07, 6.45) is 5.65. The fourth-order valence-electron chi connectivity index (χ4n) is 2.01. The topological polar surface area (TPSA) is 35.5 Å². The standard InChI is InChI=1S/C12H22O3/c1-3-5-12(14-2)11(13)8-7-10-6-4-9-15-10/h10,12H,3-9H2,1-2H3. The van der Waals surface area contributed by atoms with Gasteiger partial charge in [0.1, 0.15) is 6.10 Å². The Balaban J connectivity index is 2.20. The van der Waals surface area contributed by atoms with E-state index in [0.29, 0.717) is 12.5 Å². The molecule has 0 aliphatic carbocycles. The predicted octanol–water partition coefficient (Wildman–Crippen LogP) is 2.33. The van der Waals surface area contributed by atoms with Gasteiger partial charge in [-0.25, -0.2) is 0 Å². The van der Waals surface area contributed by atoms with Crippen LogP contribution in [0.4, 0.5) is 0 Å². The summed E-state index contributed by atoms with van der Waals surface area (Å²) in [6, 6.07) is 0. The Morgan fingerprint density at radius 3 is 2.93 bits per heavy atom. The Hall–Kier alpha value is -0.410. The molecule has 1 fully saturated rings. The monoisotopic (exact) mass is 214 g/mol. The van der Waals surface area contributed by atoms with E-state index < -0.39 is 0 Å². The van der Waals surface area contributed by atoms with Gasteiger partial charge in [-0.1, -0.05) is 13.3 Å². The minimum absolute atomic E-state index is 0.198. The van der Waals surface area contributed by atoms with Gasteiger partial charge in [-0.15, -0.1) is 0 Å². The second kappa shape index (κ2) is 6.96. The average molecular weight is 214 g/mol. The van der Waals surface area contributed by atoms with Crippen molar-refractivity contribution >= 4 is 5.78 Å². The summed E-state index contributed by atoms with van der Waals surface area (Å²) in [6.45, 7) is 2.93. The predicted molar refractivity (Wildman–Crippen MR) is 58.9 cm³/mol. The highest BCUT2D eigenvalue weighted by molar-refractivity contribution is 5.83. The van der Waals surface area contributed by atoms with Gasteiger partial charge in [0, 0.05) is 20.1 Å². The van der Waals surface area contributed by atoms with Crippen LogP contribution in [0, 0.1) is 0 Å². The van der Waals surface area contributed by atoms with Gasteiger partial charge in [0.05, 0.1) is 6.10 Å². The molecular weight excluding hydrogens is 192 g/mol. The lowest BCUT2D eigenvalue weighted by atomic mass is 10.0. The van der Waals surface area contributed by atoms with Gasteiger partial charge in [0.25, 0.3) is 0 Å². The van der Waals surface area contributed by atoms with Gasteiger partial charge in [-0.05, 0) is 25.7 Å². The summed E-state index contributed by atoms with van der Waals surface area (Å²) in [5, 5.41) is 0. The van der Waals surface area contributed by atoms with Crippen molar-refractivity contribution in [3.63, 3.8) is 0 Å². The number of ether oxygens (including phenoxy) is 2. The van der Waals surface area contributed by atoms with E-state index in [1.165, 1.54) is 0 Å². The molecule has 0 aromatic rings. The molecule has 1 aliphatic heterocycles. The second-order valence-corrected chi connectivity index (χ2v) is 4.15. The molecule has 1 rings (SSSR count). The second-order valence-electron chi connectivity index (χ2n) is 4.15. The normalized spacial score (nSPS) is 22.9. The minimum Gasteiger partial charge on any atom is -0.378 e. The lowest BCUT2D eigenvalue weighted by molar-refractivity contribution is -0.129. The van der Waals surface area contributed by atoms with Crippen LogP contribution in [-0.2, 0) is 14.3 Å². The van der Waals surface area contributed by atoms with E-state index in [1.807, 2.05) is 0 Å². The van der Waals surface area contributed by atoms with Crippen molar-refractivity contribution in [2.24, 2.45) is 0 Å². The molecule has 0 aromatic heterocycles. The average Bonchev–Trinajstić information content (AvgIpc) is 2.75. The first-order valence-electron chi connectivity index (χ1n) is 5.95. The molecule has 3 nitrogen and oxygen atoms in total. The highest BCUT2D eigenvalue weighted by Crippen LogP contribution is 2.18. The van der Waals surface area contributed by atoms with Crippen LogP contribution in [0.25, 0.3) is 0 Å². The fourth-order valence-corrected chi connectivity index (χ4v) is 2.01. The maximum absolute atomic E-state index is 11.7. The van der Waals surface area contributed by atoms with E-state index in [-0.39, 0.29) is 11.9 Å². The zero-order valence-corrected chi connectivity index (χ0v) is 9.83. The smallest absolute Gasteiger partial charge is 0.161 e. The molecule has 2 unspecified atom stereocenters. The van der Waals surface area contributed by atoms with Crippen molar-refractivity contribution in [3.8, 4) is 0 Å². The third kappa shape index (κ3) is 4.31. The Morgan fingerprint density at radius 2 is 2.40 bits per heavy atom. The number of methoxy groups -OCH3 is 1. The van der Waals surface area contributed by atoms with E-state index in [9.17, 15) is 4.79 Å². The molecule has 0 spiro atoms. The lowest BCUT2D eigenvalue weighted by Gasteiger charge is -2.14. The molecule has 1 aliphatic rings. The number of ketones is 1. The van der Waals surface area contributed by atoms with Crippen LogP contribution in [0.1, 0.15) is 45.4 Å². The van der Waals surface area contributed by atoms with Crippen molar-refractivity contribution in [1.29, 1.82) is 0 Å². The molecule has 0 saturated carbocycles. The number of carbonyl (C=O) groups excluding carboxylic acids is 1. The molecule has 3 heteroatoms. The highest BCUT2D eigenvalue weighted by Gasteiger charge is 2.20. The fraction of sp³-hybridized carbons (Fsp3) is 0.917. The van der Waals surface area contributed by atoms with Crippen molar-refractivity contribution in [2.45, 2.75) is 57.7 Å². The van der Waals surface area contributed by atoms with Crippen molar-refractivity contribution < 1.29 is 14.3 Å². The number of hydrogen-bond acceptors (Lipinski definition) is 3. The van der Waals surface area contributed by atoms with Crippen LogP contribution in [0.3, 0.4) is 0 Å². The molecule has 0 bridgehead atoms. The van der Waals surface area contributed by atoms with Crippen LogP contribution >= 0.6 is 0 Å². The molecule has 1 heterocycles. The van der Waals surface area contributed by atoms with E-state index in [4.69, 9.17) is 9.47 Å². The van der Waals surface area contributed by atoms with E-state index in [1.54, 1.807) is 7.11 Å². The first kappa shape index (κ1) is 12.7. The zero-order chi connectivity index (χ0) is 11.1. The molecule has 0 radical (unpaired) electrons. The quantitative estimate of drug-likeness (QED) is 0.652. The summed E-state index contributed by atoms with van der Waals surface area (Å²) in [5.41, 5.74) is 0. The summed E-state index contributed by atoms with van der Waals surface area (Å²) in [4.78, 5) is 11.7. The molecule has 0 amide bonds. The van der Waals surface area contributed by atoms with Crippen LogP contribution in [0.2, 0.25) is 0 Å². The van der Waals surface area contributed by atoms with Crippen molar-refractivity contribution in [3.05, 3.63) is 0 Å². The number of hydrogen-bond donors (Lipinski definition) is 0. The minimum atomic E-state index is -0.198. The maximum atomic E-state index is 11.7. The third-order valence-electron chi connectivity index (χ3n) is 2.93. The number of Topliss-reactive ketones (excluding diaryl/α,β-unsaturated/α-hetero) is 1. The largest absolute Gasteiger partial charge is 0.378 e. The van der Waals surface area contributed by atoms with E-state index >= 15 is 0 Å². The molecule has 88 valence electrons. The van der Waals surface area contributed by atoms with Crippen molar-refractivity contribution in [1.82, 2.24) is 0 Å². The molecular formula is C12H22O3. The lowest BCUT2D eigenvalue weighted by Crippen LogP contribution is -2.23. The van der Waals surface area contributed by atoms with E-state index in [2.05, 4.69) is 6.92 Å². The SMILES string of the molecule is CCCC(OC)C(=O)CCC1CCCO1. The van der Waals surface area contributed by atoms with Gasteiger partial charge in [-0.3, -0.25) is 4.79 Å². The molecule has 2 atom stereocenters. The van der Waals surface area contributed by atoms with Gasteiger partial charge < -0.3 is 9.47 Å². The van der Waals surface area contributed by atoms with Crippen LogP contribution in [0.5, 0.6) is 0 Å². The van der Waals surface area contributed by atoms with Gasteiger partial charge in [-0.2, -0.15) is 0 Å². The Bertz CT molecular complexity index is 185. The van der Waals surface area contributed by atoms with Crippen LogP contribution < -0.4 is 0 Å². The Kier molecular flexibility index (Phi) is 5.88. The first-order valence-corrected chi connectivity index (χ1v) is 5.95. The van der Waals surface area contributed by atoms with Gasteiger partial charge in [0.2, 0.25) is 0 Å². The first-order chi connectivity index (χ1) is 7.27. The summed E-state index contributed by atoms with van der Waals surface area (Å²) in [5.74, 6) is 0.231. The van der Waals surface area contributed by atoms with E-state index in [0.717, 1.165) is 38.7 Å². The van der Waals surface area contributed by atoms with Crippen molar-refractivity contribution in [2.75, 3.05) is 13.7 Å². The summed E-state index contributed by atoms with van der Waals surface area (Å²) in [7, 11) is 1.62. The van der Waals surface area contributed by atoms with Gasteiger partial charge >= 0.3 is 0 Å². The number of rotatable bonds is 7.